The summed E-state index contributed by atoms with van der Waals surface area (Å²) in [7, 11) is 0. The molecule has 0 N–H and O–H groups in total. The van der Waals surface area contributed by atoms with E-state index in [1.165, 1.54) is 11.3 Å². The van der Waals surface area contributed by atoms with E-state index in [2.05, 4.69) is 15.4 Å². The van der Waals surface area contributed by atoms with Gasteiger partial charge in [-0.15, -0.1) is 21.5 Å². The van der Waals surface area contributed by atoms with E-state index in [0.29, 0.717) is 22.9 Å². The van der Waals surface area contributed by atoms with Crippen LogP contribution in [0.2, 0.25) is 0 Å². The molecule has 0 aliphatic heterocycles. The van der Waals surface area contributed by atoms with Gasteiger partial charge in [0.25, 0.3) is 11.8 Å². The van der Waals surface area contributed by atoms with Crippen molar-refractivity contribution in [2.75, 3.05) is 0 Å². The van der Waals surface area contributed by atoms with Crippen molar-refractivity contribution in [3.63, 3.8) is 0 Å². The molecule has 0 spiro atoms. The average molecular weight is 319 g/mol. The van der Waals surface area contributed by atoms with Crippen LogP contribution in [0.3, 0.4) is 0 Å². The molecule has 0 bridgehead atoms. The predicted molar refractivity (Wildman–Crippen MR) is 77.4 cm³/mol. The number of ether oxygens (including phenoxy) is 1. The number of thiophene rings is 1. The molecule has 22 heavy (non-hydrogen) atoms. The molecule has 0 saturated heterocycles. The third-order valence-electron chi connectivity index (χ3n) is 3.04. The van der Waals surface area contributed by atoms with Crippen molar-refractivity contribution >= 4 is 17.3 Å². The van der Waals surface area contributed by atoms with E-state index in [0.717, 1.165) is 4.88 Å². The molecular weight excluding hydrogens is 306 g/mol. The summed E-state index contributed by atoms with van der Waals surface area (Å²) in [5.74, 6) is 0.535. The molecule has 3 rings (SSSR count). The Balaban J connectivity index is 1.75. The van der Waals surface area contributed by atoms with Crippen LogP contribution in [0.4, 0.5) is 0 Å². The van der Waals surface area contributed by atoms with Crippen LogP contribution in [0.15, 0.2) is 26.5 Å². The maximum Gasteiger partial charge on any atom is 0.344 e. The van der Waals surface area contributed by atoms with Gasteiger partial charge >= 0.3 is 5.97 Å². The summed E-state index contributed by atoms with van der Waals surface area (Å²) in [6.07, 6.45) is -0.664. The zero-order valence-electron chi connectivity index (χ0n) is 12.2. The van der Waals surface area contributed by atoms with Gasteiger partial charge in [0, 0.05) is 0 Å². The molecule has 3 aromatic heterocycles. The number of rotatable bonds is 4. The standard InChI is InChI=1S/C14H13N3O4S/c1-7-11(8(2)21-17-7)14(18)19-9(3)12-15-16-13(20-12)10-5-4-6-22-10/h4-6,9H,1-3H3/t9-/m0/s1. The maximum absolute atomic E-state index is 12.2. The van der Waals surface area contributed by atoms with Gasteiger partial charge in [-0.1, -0.05) is 11.2 Å². The molecule has 1 atom stereocenters. The quantitative estimate of drug-likeness (QED) is 0.681. The van der Waals surface area contributed by atoms with Crippen LogP contribution >= 0.6 is 11.3 Å². The lowest BCUT2D eigenvalue weighted by Gasteiger charge is -2.08. The molecule has 114 valence electrons. The number of aryl methyl sites for hydroxylation is 2. The summed E-state index contributed by atoms with van der Waals surface area (Å²) in [6.45, 7) is 5.00. The monoisotopic (exact) mass is 319 g/mol. The summed E-state index contributed by atoms with van der Waals surface area (Å²) < 4.78 is 15.8. The second kappa shape index (κ2) is 5.72. The van der Waals surface area contributed by atoms with Crippen LogP contribution in [0.25, 0.3) is 10.8 Å². The number of carbonyl (C=O) groups is 1. The maximum atomic E-state index is 12.2. The normalized spacial score (nSPS) is 12.3. The molecular formula is C14H13N3O4S. The minimum atomic E-state index is -0.664. The molecule has 0 radical (unpaired) electrons. The van der Waals surface area contributed by atoms with E-state index in [-0.39, 0.29) is 5.89 Å². The molecule has 0 saturated carbocycles. The van der Waals surface area contributed by atoms with E-state index >= 15 is 0 Å². The molecule has 0 unspecified atom stereocenters. The lowest BCUT2D eigenvalue weighted by molar-refractivity contribution is 0.0277. The topological polar surface area (TPSA) is 91.2 Å². The molecule has 7 nitrogen and oxygen atoms in total. The smallest absolute Gasteiger partial charge is 0.344 e. The minimum absolute atomic E-state index is 0.239. The van der Waals surface area contributed by atoms with Gasteiger partial charge in [0.2, 0.25) is 0 Å². The molecule has 3 aromatic rings. The lowest BCUT2D eigenvalue weighted by atomic mass is 10.2. The Kier molecular flexibility index (Phi) is 3.76. The second-order valence-corrected chi connectivity index (χ2v) is 5.62. The van der Waals surface area contributed by atoms with Crippen LogP contribution in [0.1, 0.15) is 40.7 Å². The Morgan fingerprint density at radius 2 is 2.18 bits per heavy atom. The zero-order valence-corrected chi connectivity index (χ0v) is 13.0. The Morgan fingerprint density at radius 1 is 1.36 bits per heavy atom. The fourth-order valence-electron chi connectivity index (χ4n) is 1.94. The molecule has 0 aromatic carbocycles. The first kappa shape index (κ1) is 14.5. The Hall–Kier alpha value is -2.48. The Labute approximate surface area is 129 Å². The van der Waals surface area contributed by atoms with E-state index in [1.807, 2.05) is 17.5 Å². The SMILES string of the molecule is Cc1noc(C)c1C(=O)O[C@@H](C)c1nnc(-c2cccs2)o1. The van der Waals surface area contributed by atoms with Crippen LogP contribution in [-0.2, 0) is 4.74 Å². The van der Waals surface area contributed by atoms with E-state index < -0.39 is 12.1 Å². The number of nitrogens with zero attached hydrogens (tertiary/aromatic N) is 3. The summed E-state index contributed by atoms with van der Waals surface area (Å²) in [5, 5.41) is 13.5. The second-order valence-electron chi connectivity index (χ2n) is 4.67. The van der Waals surface area contributed by atoms with Gasteiger partial charge in [0.05, 0.1) is 10.6 Å². The van der Waals surface area contributed by atoms with Crippen molar-refractivity contribution in [3.05, 3.63) is 40.4 Å². The van der Waals surface area contributed by atoms with Gasteiger partial charge in [-0.2, -0.15) is 0 Å². The lowest BCUT2D eigenvalue weighted by Crippen LogP contribution is -2.11. The summed E-state index contributed by atoms with van der Waals surface area (Å²) >= 11 is 1.49. The third kappa shape index (κ3) is 2.64. The number of esters is 1. The number of aromatic nitrogens is 3. The summed E-state index contributed by atoms with van der Waals surface area (Å²) in [5.41, 5.74) is 0.810. The molecule has 0 aliphatic rings. The van der Waals surface area contributed by atoms with Crippen LogP contribution in [0.5, 0.6) is 0 Å². The first-order valence-electron chi connectivity index (χ1n) is 6.57. The molecule has 0 amide bonds. The Morgan fingerprint density at radius 3 is 2.82 bits per heavy atom. The summed E-state index contributed by atoms with van der Waals surface area (Å²) in [6, 6.07) is 3.77. The van der Waals surface area contributed by atoms with Crippen molar-refractivity contribution in [3.8, 4) is 10.8 Å². The third-order valence-corrected chi connectivity index (χ3v) is 3.90. The summed E-state index contributed by atoms with van der Waals surface area (Å²) in [4.78, 5) is 13.0. The van der Waals surface area contributed by atoms with Crippen LogP contribution < -0.4 is 0 Å². The largest absolute Gasteiger partial charge is 0.449 e. The van der Waals surface area contributed by atoms with Gasteiger partial charge in [-0.3, -0.25) is 0 Å². The van der Waals surface area contributed by atoms with Gasteiger partial charge in [-0.25, -0.2) is 4.79 Å². The molecule has 8 heteroatoms. The highest BCUT2D eigenvalue weighted by molar-refractivity contribution is 7.13. The van der Waals surface area contributed by atoms with Gasteiger partial charge in [-0.05, 0) is 32.2 Å². The van der Waals surface area contributed by atoms with Crippen molar-refractivity contribution in [2.45, 2.75) is 26.9 Å². The first-order valence-corrected chi connectivity index (χ1v) is 7.45. The van der Waals surface area contributed by atoms with Crippen molar-refractivity contribution < 1.29 is 18.5 Å². The molecule has 0 fully saturated rings. The Bertz CT molecular complexity index is 771. The number of carbonyl (C=O) groups excluding carboxylic acids is 1. The van der Waals surface area contributed by atoms with Gasteiger partial charge in [0.1, 0.15) is 11.3 Å². The fourth-order valence-corrected chi connectivity index (χ4v) is 2.59. The first-order chi connectivity index (χ1) is 10.6. The van der Waals surface area contributed by atoms with E-state index in [4.69, 9.17) is 13.7 Å². The fraction of sp³-hybridized carbons (Fsp3) is 0.286. The zero-order chi connectivity index (χ0) is 15.7. The van der Waals surface area contributed by atoms with Gasteiger partial charge in [0.15, 0.2) is 6.10 Å². The van der Waals surface area contributed by atoms with Crippen LogP contribution in [-0.4, -0.2) is 21.3 Å². The highest BCUT2D eigenvalue weighted by Crippen LogP contribution is 2.26. The van der Waals surface area contributed by atoms with Gasteiger partial charge < -0.3 is 13.7 Å². The van der Waals surface area contributed by atoms with Crippen molar-refractivity contribution in [1.29, 1.82) is 0 Å². The molecule has 3 heterocycles. The highest BCUT2D eigenvalue weighted by Gasteiger charge is 2.24. The predicted octanol–water partition coefficient (Wildman–Crippen LogP) is 3.32. The van der Waals surface area contributed by atoms with E-state index in [9.17, 15) is 4.79 Å². The number of hydrogen-bond acceptors (Lipinski definition) is 8. The average Bonchev–Trinajstić information content (AvgIpc) is 3.18. The van der Waals surface area contributed by atoms with E-state index in [1.54, 1.807) is 20.8 Å². The minimum Gasteiger partial charge on any atom is -0.449 e. The van der Waals surface area contributed by atoms with Crippen molar-refractivity contribution in [2.24, 2.45) is 0 Å². The molecule has 0 aliphatic carbocycles. The van der Waals surface area contributed by atoms with Crippen LogP contribution in [0, 0.1) is 13.8 Å². The van der Waals surface area contributed by atoms with Crippen molar-refractivity contribution in [1.82, 2.24) is 15.4 Å². The highest BCUT2D eigenvalue weighted by atomic mass is 32.1. The number of hydrogen-bond donors (Lipinski definition) is 0.